The van der Waals surface area contributed by atoms with Gasteiger partial charge in [-0.25, -0.2) is 17.5 Å². The fourth-order valence-electron chi connectivity index (χ4n) is 3.53. The van der Waals surface area contributed by atoms with E-state index in [0.29, 0.717) is 13.1 Å². The first kappa shape index (κ1) is 25.2. The predicted molar refractivity (Wildman–Crippen MR) is 126 cm³/mol. The molecule has 1 aliphatic rings. The molecule has 1 fully saturated rings. The standard InChI is InChI=1S/C23H28ClN3O5S/c1-17(22(28)27-13-11-26(12-14-27)16-18-7-5-4-6-8-18)32-23(29)19-9-10-20(24)21(15-19)33(30,31)25(2)3/h4-10,15,17H,11-14,16H2,1-3H3. The number of amides is 1. The molecule has 1 saturated heterocycles. The lowest BCUT2D eigenvalue weighted by Crippen LogP contribution is -2.51. The zero-order chi connectivity index (χ0) is 24.2. The molecule has 0 aliphatic carbocycles. The van der Waals surface area contributed by atoms with Gasteiger partial charge in [-0.2, -0.15) is 0 Å². The molecular weight excluding hydrogens is 466 g/mol. The maximum Gasteiger partial charge on any atom is 0.338 e. The van der Waals surface area contributed by atoms with Gasteiger partial charge in [-0.15, -0.1) is 0 Å². The Morgan fingerprint density at radius 3 is 2.30 bits per heavy atom. The molecule has 0 spiro atoms. The third-order valence-electron chi connectivity index (χ3n) is 5.49. The summed E-state index contributed by atoms with van der Waals surface area (Å²) >= 11 is 6.03. The second-order valence-electron chi connectivity index (χ2n) is 8.07. The van der Waals surface area contributed by atoms with Crippen LogP contribution in [0.4, 0.5) is 0 Å². The second kappa shape index (κ2) is 10.6. The van der Waals surface area contributed by atoms with Gasteiger partial charge in [-0.05, 0) is 30.7 Å². The van der Waals surface area contributed by atoms with Crippen LogP contribution in [0.3, 0.4) is 0 Å². The van der Waals surface area contributed by atoms with Crippen LogP contribution < -0.4 is 0 Å². The molecule has 2 aromatic rings. The Morgan fingerprint density at radius 2 is 1.70 bits per heavy atom. The van der Waals surface area contributed by atoms with Gasteiger partial charge in [0.25, 0.3) is 5.91 Å². The van der Waals surface area contributed by atoms with E-state index in [2.05, 4.69) is 17.0 Å². The Balaban J connectivity index is 1.58. The second-order valence-corrected chi connectivity index (χ2v) is 10.6. The minimum Gasteiger partial charge on any atom is -0.449 e. The van der Waals surface area contributed by atoms with E-state index in [0.717, 1.165) is 23.9 Å². The van der Waals surface area contributed by atoms with E-state index in [-0.39, 0.29) is 21.4 Å². The molecule has 1 atom stereocenters. The molecule has 0 bridgehead atoms. The van der Waals surface area contributed by atoms with Crippen molar-refractivity contribution in [3.63, 3.8) is 0 Å². The fraction of sp³-hybridized carbons (Fsp3) is 0.391. The summed E-state index contributed by atoms with van der Waals surface area (Å²) in [6.45, 7) is 4.88. The van der Waals surface area contributed by atoms with Crippen molar-refractivity contribution in [1.82, 2.24) is 14.1 Å². The molecular formula is C23H28ClN3O5S. The number of hydrogen-bond donors (Lipinski definition) is 0. The van der Waals surface area contributed by atoms with Gasteiger partial charge in [0, 0.05) is 46.8 Å². The summed E-state index contributed by atoms with van der Waals surface area (Å²) in [6, 6.07) is 14.0. The zero-order valence-corrected chi connectivity index (χ0v) is 20.5. The first-order valence-corrected chi connectivity index (χ1v) is 12.4. The minimum atomic E-state index is -3.84. The third kappa shape index (κ3) is 6.11. The molecule has 1 aliphatic heterocycles. The van der Waals surface area contributed by atoms with Crippen LogP contribution in [0.25, 0.3) is 0 Å². The van der Waals surface area contributed by atoms with Gasteiger partial charge in [0.15, 0.2) is 6.10 Å². The van der Waals surface area contributed by atoms with E-state index in [1.165, 1.54) is 44.8 Å². The van der Waals surface area contributed by atoms with Crippen LogP contribution in [0.15, 0.2) is 53.4 Å². The summed E-state index contributed by atoms with van der Waals surface area (Å²) in [5.74, 6) is -1.07. The van der Waals surface area contributed by atoms with Crippen LogP contribution in [0, 0.1) is 0 Å². The molecule has 0 radical (unpaired) electrons. The lowest BCUT2D eigenvalue weighted by atomic mass is 10.2. The Bertz CT molecular complexity index is 1100. The van der Waals surface area contributed by atoms with Crippen molar-refractivity contribution in [2.75, 3.05) is 40.3 Å². The minimum absolute atomic E-state index is 0.00208. The average Bonchev–Trinajstić information content (AvgIpc) is 2.79. The topological polar surface area (TPSA) is 87.2 Å². The molecule has 1 heterocycles. The summed E-state index contributed by atoms with van der Waals surface area (Å²) < 4.78 is 31.2. The SMILES string of the molecule is CC(OC(=O)c1ccc(Cl)c(S(=O)(=O)N(C)C)c1)C(=O)N1CCN(Cc2ccccc2)CC1. The van der Waals surface area contributed by atoms with E-state index in [9.17, 15) is 18.0 Å². The highest BCUT2D eigenvalue weighted by Crippen LogP contribution is 2.25. The van der Waals surface area contributed by atoms with E-state index >= 15 is 0 Å². The third-order valence-corrected chi connectivity index (χ3v) is 7.79. The number of ether oxygens (including phenoxy) is 1. The molecule has 8 nitrogen and oxygen atoms in total. The van der Waals surface area contributed by atoms with E-state index in [1.807, 2.05) is 18.2 Å². The van der Waals surface area contributed by atoms with Crippen molar-refractivity contribution in [1.29, 1.82) is 0 Å². The van der Waals surface area contributed by atoms with Gasteiger partial charge >= 0.3 is 5.97 Å². The highest BCUT2D eigenvalue weighted by Gasteiger charge is 2.28. The highest BCUT2D eigenvalue weighted by atomic mass is 35.5. The van der Waals surface area contributed by atoms with Gasteiger partial charge in [-0.3, -0.25) is 9.69 Å². The largest absolute Gasteiger partial charge is 0.449 e. The molecule has 33 heavy (non-hydrogen) atoms. The van der Waals surface area contributed by atoms with E-state index in [4.69, 9.17) is 16.3 Å². The number of hydrogen-bond acceptors (Lipinski definition) is 6. The number of esters is 1. The molecule has 1 amide bonds. The van der Waals surface area contributed by atoms with Crippen molar-refractivity contribution in [3.8, 4) is 0 Å². The smallest absolute Gasteiger partial charge is 0.338 e. The number of piperazine rings is 1. The van der Waals surface area contributed by atoms with Crippen molar-refractivity contribution in [3.05, 3.63) is 64.7 Å². The quantitative estimate of drug-likeness (QED) is 0.551. The van der Waals surface area contributed by atoms with Gasteiger partial charge in [0.2, 0.25) is 10.0 Å². The summed E-state index contributed by atoms with van der Waals surface area (Å²) in [5, 5.41) is -0.00208. The lowest BCUT2D eigenvalue weighted by molar-refractivity contribution is -0.141. The van der Waals surface area contributed by atoms with Gasteiger partial charge in [0.1, 0.15) is 4.90 Å². The monoisotopic (exact) mass is 493 g/mol. The first-order valence-electron chi connectivity index (χ1n) is 10.6. The van der Waals surface area contributed by atoms with Crippen molar-refractivity contribution in [2.45, 2.75) is 24.5 Å². The average molecular weight is 494 g/mol. The van der Waals surface area contributed by atoms with E-state index < -0.39 is 22.1 Å². The van der Waals surface area contributed by atoms with E-state index in [1.54, 1.807) is 4.90 Å². The van der Waals surface area contributed by atoms with Crippen LogP contribution in [0.2, 0.25) is 5.02 Å². The molecule has 0 aromatic heterocycles. The number of nitrogens with zero attached hydrogens (tertiary/aromatic N) is 3. The molecule has 2 aromatic carbocycles. The Hall–Kier alpha value is -2.46. The first-order chi connectivity index (χ1) is 15.6. The molecule has 0 N–H and O–H groups in total. The van der Waals surface area contributed by atoms with Crippen molar-refractivity contribution < 1.29 is 22.7 Å². The summed E-state index contributed by atoms with van der Waals surface area (Å²) in [6.07, 6.45) is -0.997. The van der Waals surface area contributed by atoms with Crippen LogP contribution >= 0.6 is 11.6 Å². The fourth-order valence-corrected chi connectivity index (χ4v) is 4.92. The van der Waals surface area contributed by atoms with Gasteiger partial charge < -0.3 is 9.64 Å². The number of benzene rings is 2. The Labute approximate surface area is 199 Å². The molecule has 178 valence electrons. The number of carbonyl (C=O) groups is 2. The summed E-state index contributed by atoms with van der Waals surface area (Å²) in [7, 11) is -1.10. The van der Waals surface area contributed by atoms with Crippen LogP contribution in [-0.2, 0) is 26.1 Å². The number of sulfonamides is 1. The maximum atomic E-state index is 12.8. The lowest BCUT2D eigenvalue weighted by Gasteiger charge is -2.35. The normalized spacial score (nSPS) is 16.0. The summed E-state index contributed by atoms with van der Waals surface area (Å²) in [4.78, 5) is 29.2. The van der Waals surface area contributed by atoms with Crippen LogP contribution in [-0.4, -0.2) is 80.8 Å². The predicted octanol–water partition coefficient (Wildman–Crippen LogP) is 2.48. The number of rotatable bonds is 7. The van der Waals surface area contributed by atoms with Crippen molar-refractivity contribution in [2.24, 2.45) is 0 Å². The van der Waals surface area contributed by atoms with Crippen molar-refractivity contribution >= 4 is 33.5 Å². The zero-order valence-electron chi connectivity index (χ0n) is 18.9. The molecule has 0 saturated carbocycles. The highest BCUT2D eigenvalue weighted by molar-refractivity contribution is 7.89. The van der Waals surface area contributed by atoms with Crippen LogP contribution in [0.5, 0.6) is 0 Å². The summed E-state index contributed by atoms with van der Waals surface area (Å²) in [5.41, 5.74) is 1.23. The van der Waals surface area contributed by atoms with Crippen LogP contribution in [0.1, 0.15) is 22.8 Å². The van der Waals surface area contributed by atoms with Gasteiger partial charge in [0.05, 0.1) is 10.6 Å². The Kier molecular flexibility index (Phi) is 8.12. The maximum absolute atomic E-state index is 12.8. The number of carbonyl (C=O) groups excluding carboxylic acids is 2. The Morgan fingerprint density at radius 1 is 1.06 bits per heavy atom. The van der Waals surface area contributed by atoms with Gasteiger partial charge in [-0.1, -0.05) is 41.9 Å². The molecule has 3 rings (SSSR count). The number of halogens is 1. The molecule has 1 unspecified atom stereocenters. The molecule has 10 heteroatoms.